The van der Waals surface area contributed by atoms with Crippen LogP contribution in [0, 0.1) is 0 Å². The molecule has 6 heteroatoms. The van der Waals surface area contributed by atoms with Crippen LogP contribution >= 0.6 is 0 Å². The fourth-order valence-electron chi connectivity index (χ4n) is 8.84. The molecule has 0 heterocycles. The first-order chi connectivity index (χ1) is 40.5. The SMILES string of the molecule is CC/C=C\C/C=C\C/C=C\C/C=C\C/C=C\C/C=C\C/C=C\CCCCCC(=O)OCC(COC(=O)CCCCCCCCCCCCCCCC)OC(=O)CCCCCCCC/C=C\C/C=C\C/C=C\C/C=C\C/C=C\C/C=C\CC. The first-order valence-electron chi connectivity index (χ1n) is 33.5. The van der Waals surface area contributed by atoms with Gasteiger partial charge >= 0.3 is 17.9 Å². The number of carbonyl (C=O) groups is 3. The second kappa shape index (κ2) is 68.5. The van der Waals surface area contributed by atoms with Gasteiger partial charge in [0, 0.05) is 19.3 Å². The quantitative estimate of drug-likeness (QED) is 0.0261. The summed E-state index contributed by atoms with van der Waals surface area (Å²) in [4.78, 5) is 38.4. The Hall–Kier alpha value is -4.97. The van der Waals surface area contributed by atoms with Gasteiger partial charge in [0.15, 0.2) is 6.10 Å². The maximum atomic E-state index is 12.9. The molecule has 0 amide bonds. The van der Waals surface area contributed by atoms with Gasteiger partial charge in [0.1, 0.15) is 13.2 Å². The molecule has 0 aliphatic carbocycles. The summed E-state index contributed by atoms with van der Waals surface area (Å²) in [6, 6.07) is 0. The van der Waals surface area contributed by atoms with Gasteiger partial charge in [-0.25, -0.2) is 0 Å². The highest BCUT2D eigenvalue weighted by Gasteiger charge is 2.19. The van der Waals surface area contributed by atoms with Gasteiger partial charge in [-0.1, -0.05) is 294 Å². The summed E-state index contributed by atoms with van der Waals surface area (Å²) in [5.74, 6) is -0.946. The maximum Gasteiger partial charge on any atom is 0.306 e. The van der Waals surface area contributed by atoms with E-state index in [0.717, 1.165) is 161 Å². The number of allylic oxidation sites excluding steroid dienone is 26. The third kappa shape index (κ3) is 65.8. The topological polar surface area (TPSA) is 78.9 Å². The molecule has 0 saturated carbocycles. The van der Waals surface area contributed by atoms with Crippen molar-refractivity contribution in [3.63, 3.8) is 0 Å². The van der Waals surface area contributed by atoms with Gasteiger partial charge < -0.3 is 14.2 Å². The van der Waals surface area contributed by atoms with Crippen LogP contribution in [0.2, 0.25) is 0 Å². The third-order valence-electron chi connectivity index (χ3n) is 13.8. The molecule has 6 nitrogen and oxygen atoms in total. The van der Waals surface area contributed by atoms with Crippen molar-refractivity contribution >= 4 is 17.9 Å². The van der Waals surface area contributed by atoms with E-state index < -0.39 is 6.10 Å². The molecule has 82 heavy (non-hydrogen) atoms. The van der Waals surface area contributed by atoms with Crippen molar-refractivity contribution < 1.29 is 28.6 Å². The first kappa shape index (κ1) is 77.0. The fourth-order valence-corrected chi connectivity index (χ4v) is 8.84. The van der Waals surface area contributed by atoms with Crippen LogP contribution in [0.3, 0.4) is 0 Å². The molecule has 0 bridgehead atoms. The molecule has 1 unspecified atom stereocenters. The highest BCUT2D eigenvalue weighted by molar-refractivity contribution is 5.71. The highest BCUT2D eigenvalue weighted by atomic mass is 16.6. The number of esters is 3. The van der Waals surface area contributed by atoms with E-state index in [1.807, 2.05) is 0 Å². The van der Waals surface area contributed by atoms with Gasteiger partial charge in [-0.3, -0.25) is 14.4 Å². The molecule has 0 rings (SSSR count). The second-order valence-corrected chi connectivity index (χ2v) is 21.6. The van der Waals surface area contributed by atoms with Crippen LogP contribution in [0.25, 0.3) is 0 Å². The number of hydrogen-bond acceptors (Lipinski definition) is 6. The lowest BCUT2D eigenvalue weighted by molar-refractivity contribution is -0.167. The third-order valence-corrected chi connectivity index (χ3v) is 13.8. The van der Waals surface area contributed by atoms with Crippen LogP contribution in [-0.2, 0) is 28.6 Å². The summed E-state index contributed by atoms with van der Waals surface area (Å²) in [5.41, 5.74) is 0. The summed E-state index contributed by atoms with van der Waals surface area (Å²) < 4.78 is 16.9. The molecule has 0 fully saturated rings. The van der Waals surface area contributed by atoms with Gasteiger partial charge in [-0.2, -0.15) is 0 Å². The van der Waals surface area contributed by atoms with Crippen molar-refractivity contribution in [1.29, 1.82) is 0 Å². The summed E-state index contributed by atoms with van der Waals surface area (Å²) in [6.45, 7) is 6.38. The lowest BCUT2D eigenvalue weighted by Crippen LogP contribution is -2.30. The van der Waals surface area contributed by atoms with E-state index in [1.165, 1.54) is 83.5 Å². The minimum absolute atomic E-state index is 0.0991. The molecular formula is C76H122O6. The van der Waals surface area contributed by atoms with Crippen molar-refractivity contribution in [2.45, 2.75) is 290 Å². The highest BCUT2D eigenvalue weighted by Crippen LogP contribution is 2.15. The summed E-state index contributed by atoms with van der Waals surface area (Å²) in [6.07, 6.45) is 99.6. The van der Waals surface area contributed by atoms with E-state index in [9.17, 15) is 14.4 Å². The van der Waals surface area contributed by atoms with Crippen LogP contribution in [-0.4, -0.2) is 37.2 Å². The number of rotatable bonds is 59. The van der Waals surface area contributed by atoms with E-state index in [4.69, 9.17) is 14.2 Å². The van der Waals surface area contributed by atoms with Crippen LogP contribution in [0.15, 0.2) is 158 Å². The number of hydrogen-bond donors (Lipinski definition) is 0. The summed E-state index contributed by atoms with van der Waals surface area (Å²) >= 11 is 0. The monoisotopic (exact) mass is 1130 g/mol. The van der Waals surface area contributed by atoms with Gasteiger partial charge in [-0.05, 0) is 128 Å². The average Bonchev–Trinajstić information content (AvgIpc) is 3.47. The van der Waals surface area contributed by atoms with Crippen LogP contribution < -0.4 is 0 Å². The molecule has 0 aromatic carbocycles. The zero-order valence-electron chi connectivity index (χ0n) is 52.9. The average molecular weight is 1130 g/mol. The van der Waals surface area contributed by atoms with E-state index >= 15 is 0 Å². The van der Waals surface area contributed by atoms with Gasteiger partial charge in [0.25, 0.3) is 0 Å². The van der Waals surface area contributed by atoms with Gasteiger partial charge in [-0.15, -0.1) is 0 Å². The van der Waals surface area contributed by atoms with E-state index in [0.29, 0.717) is 19.3 Å². The summed E-state index contributed by atoms with van der Waals surface area (Å²) in [7, 11) is 0. The molecule has 0 radical (unpaired) electrons. The van der Waals surface area contributed by atoms with Crippen LogP contribution in [0.4, 0.5) is 0 Å². The Morgan fingerprint density at radius 1 is 0.256 bits per heavy atom. The Morgan fingerprint density at radius 3 is 0.756 bits per heavy atom. The number of carbonyl (C=O) groups excluding carboxylic acids is 3. The minimum atomic E-state index is -0.808. The molecule has 1 atom stereocenters. The van der Waals surface area contributed by atoms with Gasteiger partial charge in [0.05, 0.1) is 0 Å². The fraction of sp³-hybridized carbons (Fsp3) is 0.618. The van der Waals surface area contributed by atoms with Crippen molar-refractivity contribution in [3.05, 3.63) is 158 Å². The van der Waals surface area contributed by atoms with E-state index in [-0.39, 0.29) is 31.1 Å². The molecular weight excluding hydrogens is 1010 g/mol. The van der Waals surface area contributed by atoms with Crippen molar-refractivity contribution in [1.82, 2.24) is 0 Å². The molecule has 0 aromatic rings. The van der Waals surface area contributed by atoms with Crippen molar-refractivity contribution in [2.75, 3.05) is 13.2 Å². The molecule has 0 saturated heterocycles. The van der Waals surface area contributed by atoms with Crippen molar-refractivity contribution in [3.8, 4) is 0 Å². The molecule has 0 aliphatic heterocycles. The normalized spacial score (nSPS) is 13.2. The van der Waals surface area contributed by atoms with Gasteiger partial charge in [0.2, 0.25) is 0 Å². The Labute approximate surface area is 505 Å². The van der Waals surface area contributed by atoms with Crippen LogP contribution in [0.5, 0.6) is 0 Å². The standard InChI is InChI=1S/C76H122O6/c1-4-7-10-13-16-19-22-25-28-30-32-34-36-38-40-42-44-46-48-51-54-57-60-63-66-69-75(78)81-72-73(71-80-74(77)68-65-62-59-56-53-50-27-24-21-18-15-12-9-6-3)82-76(79)70-67-64-61-58-55-52-49-47-45-43-41-39-37-35-33-31-29-26-23-20-17-14-11-8-5-2/h7-8,10-11,16-17,19-20,25-26,28-29,32-35,38-41,44-47,51,54,73H,4-6,9,12-15,18,21-24,27,30-31,36-37,42-43,48-50,52-53,55-72H2,1-3H3/b10-7-,11-8-,19-16-,20-17-,28-25-,29-26-,34-32-,35-33-,40-38-,41-39-,46-44-,47-45-,54-51-. The Bertz CT molecular complexity index is 1830. The molecule has 0 N–H and O–H groups in total. The van der Waals surface area contributed by atoms with Crippen LogP contribution in [0.1, 0.15) is 284 Å². The minimum Gasteiger partial charge on any atom is -0.462 e. The zero-order valence-corrected chi connectivity index (χ0v) is 52.9. The molecule has 462 valence electrons. The smallest absolute Gasteiger partial charge is 0.306 e. The predicted octanol–water partition coefficient (Wildman–Crippen LogP) is 23.3. The largest absolute Gasteiger partial charge is 0.462 e. The summed E-state index contributed by atoms with van der Waals surface area (Å²) in [5, 5.41) is 0. The van der Waals surface area contributed by atoms with E-state index in [1.54, 1.807) is 0 Å². The lowest BCUT2D eigenvalue weighted by Gasteiger charge is -2.18. The molecule has 0 aliphatic rings. The molecule has 0 spiro atoms. The van der Waals surface area contributed by atoms with E-state index in [2.05, 4.69) is 179 Å². The first-order valence-corrected chi connectivity index (χ1v) is 33.5. The maximum absolute atomic E-state index is 12.9. The second-order valence-electron chi connectivity index (χ2n) is 21.6. The number of unbranched alkanes of at least 4 members (excludes halogenated alkanes) is 22. The Balaban J connectivity index is 4.48. The van der Waals surface area contributed by atoms with Crippen molar-refractivity contribution in [2.24, 2.45) is 0 Å². The molecule has 0 aromatic heterocycles. The Kier molecular flexibility index (Phi) is 64.4. The zero-order chi connectivity index (χ0) is 59.2. The predicted molar refractivity (Wildman–Crippen MR) is 357 cm³/mol. The lowest BCUT2D eigenvalue weighted by atomic mass is 10.0. The Morgan fingerprint density at radius 2 is 0.476 bits per heavy atom. The number of ether oxygens (including phenoxy) is 3.